The second-order valence-corrected chi connectivity index (χ2v) is 3.95. The van der Waals surface area contributed by atoms with E-state index < -0.39 is 11.5 Å². The van der Waals surface area contributed by atoms with Crippen LogP contribution in [0.15, 0.2) is 29.2 Å². The Bertz CT molecular complexity index is 637. The molecule has 2 rings (SSSR count). The van der Waals surface area contributed by atoms with Crippen LogP contribution in [0.5, 0.6) is 0 Å². The molecule has 0 saturated carbocycles. The van der Waals surface area contributed by atoms with Crippen molar-refractivity contribution in [2.75, 3.05) is 0 Å². The molecule has 5 nitrogen and oxygen atoms in total. The van der Waals surface area contributed by atoms with Gasteiger partial charge >= 0.3 is 5.97 Å². The molecule has 0 fully saturated rings. The lowest BCUT2D eigenvalue weighted by atomic mass is 10.1. The van der Waals surface area contributed by atoms with Gasteiger partial charge < -0.3 is 5.11 Å². The molecule has 88 valence electrons. The Kier molecular flexibility index (Phi) is 2.59. The largest absolute Gasteiger partial charge is 0.477 e. The number of hydrogen-bond donors (Lipinski definition) is 2. The monoisotopic (exact) mass is 232 g/mol. The number of carboxylic acid groups (broad SMARTS) is 1. The van der Waals surface area contributed by atoms with Gasteiger partial charge in [-0.1, -0.05) is 17.7 Å². The predicted molar refractivity (Wildman–Crippen MR) is 62.8 cm³/mol. The maximum Gasteiger partial charge on any atom is 0.342 e. The minimum absolute atomic E-state index is 0.259. The van der Waals surface area contributed by atoms with Crippen LogP contribution >= 0.6 is 0 Å². The van der Waals surface area contributed by atoms with Gasteiger partial charge in [-0.25, -0.2) is 4.79 Å². The highest BCUT2D eigenvalue weighted by molar-refractivity contribution is 5.86. The van der Waals surface area contributed by atoms with Gasteiger partial charge in [0.25, 0.3) is 5.56 Å². The maximum atomic E-state index is 11.4. The summed E-state index contributed by atoms with van der Waals surface area (Å²) in [4.78, 5) is 22.1. The Labute approximate surface area is 97.3 Å². The van der Waals surface area contributed by atoms with Gasteiger partial charge in [0.1, 0.15) is 5.56 Å². The van der Waals surface area contributed by atoms with E-state index in [9.17, 15) is 9.59 Å². The average molecular weight is 232 g/mol. The van der Waals surface area contributed by atoms with Gasteiger partial charge in [0.2, 0.25) is 0 Å². The van der Waals surface area contributed by atoms with Gasteiger partial charge in [-0.2, -0.15) is 0 Å². The molecule has 1 heterocycles. The van der Waals surface area contributed by atoms with Gasteiger partial charge in [-0.15, -0.1) is 0 Å². The molecule has 1 aromatic carbocycles. The molecule has 0 radical (unpaired) electrons. The van der Waals surface area contributed by atoms with E-state index in [0.717, 1.165) is 16.8 Å². The number of rotatable bonds is 2. The Hall–Kier alpha value is -2.30. The summed E-state index contributed by atoms with van der Waals surface area (Å²) >= 11 is 0. The molecule has 0 aliphatic heterocycles. The zero-order valence-corrected chi connectivity index (χ0v) is 9.52. The number of aromatic nitrogens is 2. The maximum absolute atomic E-state index is 11.4. The van der Waals surface area contributed by atoms with Crippen molar-refractivity contribution >= 4 is 5.97 Å². The number of carboxylic acids is 1. The van der Waals surface area contributed by atoms with Crippen LogP contribution < -0.4 is 5.56 Å². The standard InChI is InChI=1S/C12H12N2O3/c1-7-3-4-10(8(2)5-7)14-6-9(12(16)17)11(15)13-14/h3-6H,1-2H3,(H,13,15)(H,16,17). The first-order valence-electron chi connectivity index (χ1n) is 5.11. The highest BCUT2D eigenvalue weighted by Gasteiger charge is 2.12. The first-order valence-corrected chi connectivity index (χ1v) is 5.11. The molecule has 2 N–H and O–H groups in total. The summed E-state index contributed by atoms with van der Waals surface area (Å²) < 4.78 is 1.43. The summed E-state index contributed by atoms with van der Waals surface area (Å²) in [5.41, 5.74) is 1.98. The van der Waals surface area contributed by atoms with E-state index in [1.807, 2.05) is 32.0 Å². The topological polar surface area (TPSA) is 75.1 Å². The zero-order valence-electron chi connectivity index (χ0n) is 9.52. The van der Waals surface area contributed by atoms with Crippen molar-refractivity contribution in [3.8, 4) is 5.69 Å². The van der Waals surface area contributed by atoms with Crippen molar-refractivity contribution in [3.05, 3.63) is 51.4 Å². The summed E-state index contributed by atoms with van der Waals surface area (Å²) in [5, 5.41) is 11.3. The van der Waals surface area contributed by atoms with Crippen LogP contribution in [0.2, 0.25) is 0 Å². The van der Waals surface area contributed by atoms with Gasteiger partial charge in [-0.3, -0.25) is 14.6 Å². The highest BCUT2D eigenvalue weighted by Crippen LogP contribution is 2.14. The molecule has 2 aromatic rings. The number of nitrogens with one attached hydrogen (secondary N) is 1. The molecular formula is C12H12N2O3. The van der Waals surface area contributed by atoms with E-state index in [2.05, 4.69) is 5.10 Å². The summed E-state index contributed by atoms with van der Waals surface area (Å²) in [5.74, 6) is -1.23. The Morgan fingerprint density at radius 1 is 1.35 bits per heavy atom. The summed E-state index contributed by atoms with van der Waals surface area (Å²) in [6.45, 7) is 3.87. The van der Waals surface area contributed by atoms with Crippen LogP contribution in [0, 0.1) is 13.8 Å². The lowest BCUT2D eigenvalue weighted by molar-refractivity contribution is 0.0695. The van der Waals surface area contributed by atoms with Gasteiger partial charge in [0, 0.05) is 6.20 Å². The molecule has 0 amide bonds. The number of aromatic carboxylic acids is 1. The minimum atomic E-state index is -1.23. The summed E-state index contributed by atoms with van der Waals surface area (Å²) in [7, 11) is 0. The summed E-state index contributed by atoms with van der Waals surface area (Å²) in [6.07, 6.45) is 1.29. The predicted octanol–water partition coefficient (Wildman–Crippen LogP) is 1.48. The highest BCUT2D eigenvalue weighted by atomic mass is 16.4. The fraction of sp³-hybridized carbons (Fsp3) is 0.167. The van der Waals surface area contributed by atoms with E-state index in [1.165, 1.54) is 10.9 Å². The molecular weight excluding hydrogens is 220 g/mol. The Morgan fingerprint density at radius 2 is 2.06 bits per heavy atom. The van der Waals surface area contributed by atoms with Crippen molar-refractivity contribution in [2.45, 2.75) is 13.8 Å². The number of carbonyl (C=O) groups is 1. The van der Waals surface area contributed by atoms with Crippen LogP contribution in [-0.2, 0) is 0 Å². The van der Waals surface area contributed by atoms with E-state index in [-0.39, 0.29) is 5.56 Å². The second kappa shape index (κ2) is 3.93. The van der Waals surface area contributed by atoms with Crippen molar-refractivity contribution in [1.29, 1.82) is 0 Å². The number of benzene rings is 1. The molecule has 1 aromatic heterocycles. The van der Waals surface area contributed by atoms with E-state index >= 15 is 0 Å². The lowest BCUT2D eigenvalue weighted by Crippen LogP contribution is -2.11. The van der Waals surface area contributed by atoms with E-state index in [0.29, 0.717) is 0 Å². The van der Waals surface area contributed by atoms with Gasteiger partial charge in [-0.05, 0) is 25.5 Å². The Morgan fingerprint density at radius 3 is 2.59 bits per heavy atom. The van der Waals surface area contributed by atoms with Crippen LogP contribution in [-0.4, -0.2) is 20.9 Å². The third-order valence-electron chi connectivity index (χ3n) is 2.57. The normalized spacial score (nSPS) is 10.5. The number of aryl methyl sites for hydroxylation is 2. The molecule has 0 bridgehead atoms. The van der Waals surface area contributed by atoms with E-state index in [4.69, 9.17) is 5.11 Å². The molecule has 5 heteroatoms. The molecule has 17 heavy (non-hydrogen) atoms. The minimum Gasteiger partial charge on any atom is -0.477 e. The van der Waals surface area contributed by atoms with Gasteiger partial charge in [0.05, 0.1) is 5.69 Å². The molecule has 0 atom stereocenters. The number of hydrogen-bond acceptors (Lipinski definition) is 2. The van der Waals surface area contributed by atoms with Crippen LogP contribution in [0.3, 0.4) is 0 Å². The van der Waals surface area contributed by atoms with E-state index in [1.54, 1.807) is 0 Å². The smallest absolute Gasteiger partial charge is 0.342 e. The van der Waals surface area contributed by atoms with Crippen LogP contribution in [0.1, 0.15) is 21.5 Å². The first-order chi connectivity index (χ1) is 7.99. The fourth-order valence-electron chi connectivity index (χ4n) is 1.75. The third kappa shape index (κ3) is 1.99. The lowest BCUT2D eigenvalue weighted by Gasteiger charge is -2.06. The van der Waals surface area contributed by atoms with Crippen LogP contribution in [0.4, 0.5) is 0 Å². The van der Waals surface area contributed by atoms with Crippen molar-refractivity contribution in [3.63, 3.8) is 0 Å². The molecule has 0 unspecified atom stereocenters. The third-order valence-corrected chi connectivity index (χ3v) is 2.57. The molecule has 0 saturated heterocycles. The van der Waals surface area contributed by atoms with Gasteiger partial charge in [0.15, 0.2) is 0 Å². The van der Waals surface area contributed by atoms with Crippen molar-refractivity contribution < 1.29 is 9.90 Å². The average Bonchev–Trinajstić information content (AvgIpc) is 2.60. The van der Waals surface area contributed by atoms with Crippen LogP contribution in [0.25, 0.3) is 5.69 Å². The summed E-state index contributed by atoms with van der Waals surface area (Å²) in [6, 6.07) is 5.71. The SMILES string of the molecule is Cc1ccc(-n2cc(C(=O)O)c(=O)[nH]2)c(C)c1. The number of aromatic amines is 1. The quantitative estimate of drug-likeness (QED) is 0.823. The number of nitrogens with zero attached hydrogens (tertiary/aromatic N) is 1. The zero-order chi connectivity index (χ0) is 12.6. The molecule has 0 aliphatic carbocycles. The number of H-pyrrole nitrogens is 1. The fourth-order valence-corrected chi connectivity index (χ4v) is 1.75. The molecule has 0 spiro atoms. The second-order valence-electron chi connectivity index (χ2n) is 3.95. The first kappa shape index (κ1) is 11.2. The molecule has 0 aliphatic rings. The Balaban J connectivity index is 2.58. The van der Waals surface area contributed by atoms with Crippen molar-refractivity contribution in [1.82, 2.24) is 9.78 Å². The van der Waals surface area contributed by atoms with Crippen molar-refractivity contribution in [2.24, 2.45) is 0 Å².